The summed E-state index contributed by atoms with van der Waals surface area (Å²) in [4.78, 5) is 11.3. The number of nitrogens with one attached hydrogen (secondary N) is 1. The summed E-state index contributed by atoms with van der Waals surface area (Å²) >= 11 is 5.73. The van der Waals surface area contributed by atoms with E-state index < -0.39 is 0 Å². The molecule has 1 atom stereocenters. The lowest BCUT2D eigenvalue weighted by Crippen LogP contribution is -2.23. The lowest BCUT2D eigenvalue weighted by molar-refractivity contribution is -0.121. The summed E-state index contributed by atoms with van der Waals surface area (Å²) in [6.07, 6.45) is 0. The molecule has 13 heavy (non-hydrogen) atoms. The molecular weight excluding hydrogens is 186 g/mol. The summed E-state index contributed by atoms with van der Waals surface area (Å²) < 4.78 is 0. The number of halogens is 1. The van der Waals surface area contributed by atoms with Crippen LogP contribution in [-0.4, -0.2) is 13.0 Å². The predicted octanol–water partition coefficient (Wildman–Crippen LogP) is 2.19. The molecule has 0 bridgehead atoms. The zero-order chi connectivity index (χ0) is 9.84. The molecular formula is C10H12ClNO. The van der Waals surface area contributed by atoms with Crippen molar-refractivity contribution >= 4 is 17.5 Å². The molecule has 0 aliphatic rings. The van der Waals surface area contributed by atoms with Crippen LogP contribution >= 0.6 is 11.6 Å². The van der Waals surface area contributed by atoms with Crippen LogP contribution in [-0.2, 0) is 4.79 Å². The molecule has 0 aliphatic carbocycles. The van der Waals surface area contributed by atoms with Crippen molar-refractivity contribution in [3.05, 3.63) is 34.9 Å². The Morgan fingerprint density at radius 3 is 2.38 bits per heavy atom. The van der Waals surface area contributed by atoms with Crippen molar-refractivity contribution in [1.82, 2.24) is 5.32 Å². The zero-order valence-corrected chi connectivity index (χ0v) is 8.43. The fourth-order valence-corrected chi connectivity index (χ4v) is 1.25. The van der Waals surface area contributed by atoms with Crippen LogP contribution in [0.4, 0.5) is 0 Å². The Morgan fingerprint density at radius 1 is 1.38 bits per heavy atom. The van der Waals surface area contributed by atoms with E-state index in [0.29, 0.717) is 5.02 Å². The van der Waals surface area contributed by atoms with Crippen LogP contribution in [0.15, 0.2) is 24.3 Å². The second kappa shape index (κ2) is 4.28. The van der Waals surface area contributed by atoms with Crippen molar-refractivity contribution in [1.29, 1.82) is 0 Å². The average Bonchev–Trinajstić information content (AvgIpc) is 2.17. The highest BCUT2D eigenvalue weighted by atomic mass is 35.5. The number of amides is 1. The van der Waals surface area contributed by atoms with E-state index in [1.54, 1.807) is 19.2 Å². The van der Waals surface area contributed by atoms with Gasteiger partial charge in [-0.15, -0.1) is 0 Å². The highest BCUT2D eigenvalue weighted by Crippen LogP contribution is 2.17. The first-order valence-electron chi connectivity index (χ1n) is 4.12. The standard InChI is InChI=1S/C10H12ClNO/c1-7(10(13)12-2)8-3-5-9(11)6-4-8/h3-7H,1-2H3,(H,12,13)/t7-/m0/s1. The van der Waals surface area contributed by atoms with Gasteiger partial charge in [0, 0.05) is 12.1 Å². The molecule has 0 spiro atoms. The molecule has 3 heteroatoms. The summed E-state index contributed by atoms with van der Waals surface area (Å²) in [6.45, 7) is 1.86. The van der Waals surface area contributed by atoms with Gasteiger partial charge in [-0.1, -0.05) is 23.7 Å². The first-order chi connectivity index (χ1) is 6.15. The lowest BCUT2D eigenvalue weighted by Gasteiger charge is -2.09. The summed E-state index contributed by atoms with van der Waals surface area (Å²) in [5, 5.41) is 3.29. The van der Waals surface area contributed by atoms with E-state index in [2.05, 4.69) is 5.32 Å². The molecule has 0 radical (unpaired) electrons. The summed E-state index contributed by atoms with van der Waals surface area (Å²) in [7, 11) is 1.63. The molecule has 1 N–H and O–H groups in total. The highest BCUT2D eigenvalue weighted by Gasteiger charge is 2.12. The molecule has 1 amide bonds. The van der Waals surface area contributed by atoms with Gasteiger partial charge in [-0.25, -0.2) is 0 Å². The van der Waals surface area contributed by atoms with Crippen LogP contribution in [0.25, 0.3) is 0 Å². The van der Waals surface area contributed by atoms with Crippen molar-refractivity contribution in [3.63, 3.8) is 0 Å². The molecule has 1 aromatic carbocycles. The fraction of sp³-hybridized carbons (Fsp3) is 0.300. The number of benzene rings is 1. The van der Waals surface area contributed by atoms with Crippen molar-refractivity contribution in [2.75, 3.05) is 7.05 Å². The number of hydrogen-bond acceptors (Lipinski definition) is 1. The van der Waals surface area contributed by atoms with Gasteiger partial charge in [0.2, 0.25) is 5.91 Å². The van der Waals surface area contributed by atoms with Gasteiger partial charge in [0.1, 0.15) is 0 Å². The lowest BCUT2D eigenvalue weighted by atomic mass is 10.0. The monoisotopic (exact) mass is 197 g/mol. The normalized spacial score (nSPS) is 12.2. The molecule has 0 aromatic heterocycles. The third kappa shape index (κ3) is 2.46. The Hall–Kier alpha value is -1.02. The molecule has 0 unspecified atom stereocenters. The van der Waals surface area contributed by atoms with E-state index in [-0.39, 0.29) is 11.8 Å². The van der Waals surface area contributed by atoms with Gasteiger partial charge in [-0.3, -0.25) is 4.79 Å². The van der Waals surface area contributed by atoms with E-state index in [4.69, 9.17) is 11.6 Å². The number of hydrogen-bond donors (Lipinski definition) is 1. The maximum Gasteiger partial charge on any atom is 0.227 e. The minimum atomic E-state index is -0.123. The van der Waals surface area contributed by atoms with Crippen LogP contribution in [0.2, 0.25) is 5.02 Å². The summed E-state index contributed by atoms with van der Waals surface area (Å²) in [5.74, 6) is -0.107. The molecule has 0 aliphatic heterocycles. The molecule has 0 saturated carbocycles. The van der Waals surface area contributed by atoms with Gasteiger partial charge in [0.05, 0.1) is 5.92 Å². The van der Waals surface area contributed by atoms with Crippen LogP contribution in [0.3, 0.4) is 0 Å². The average molecular weight is 198 g/mol. The van der Waals surface area contributed by atoms with Gasteiger partial charge >= 0.3 is 0 Å². The zero-order valence-electron chi connectivity index (χ0n) is 7.67. The van der Waals surface area contributed by atoms with E-state index >= 15 is 0 Å². The first kappa shape index (κ1) is 10.1. The van der Waals surface area contributed by atoms with Gasteiger partial charge in [0.15, 0.2) is 0 Å². The molecule has 2 nitrogen and oxygen atoms in total. The number of likely N-dealkylation sites (N-methyl/N-ethyl adjacent to an activating group) is 1. The minimum Gasteiger partial charge on any atom is -0.359 e. The van der Waals surface area contributed by atoms with Crippen molar-refractivity contribution in [2.45, 2.75) is 12.8 Å². The van der Waals surface area contributed by atoms with Crippen LogP contribution in [0.5, 0.6) is 0 Å². The Bertz CT molecular complexity index is 294. The third-order valence-electron chi connectivity index (χ3n) is 2.01. The molecule has 0 heterocycles. The summed E-state index contributed by atoms with van der Waals surface area (Å²) in [6, 6.07) is 7.30. The quantitative estimate of drug-likeness (QED) is 0.774. The number of carbonyl (C=O) groups is 1. The first-order valence-corrected chi connectivity index (χ1v) is 4.50. The minimum absolute atomic E-state index is 0.0160. The highest BCUT2D eigenvalue weighted by molar-refractivity contribution is 6.30. The Kier molecular flexibility index (Phi) is 3.32. The van der Waals surface area contributed by atoms with Gasteiger partial charge < -0.3 is 5.32 Å². The SMILES string of the molecule is CNC(=O)[C@@H](C)c1ccc(Cl)cc1. The molecule has 0 saturated heterocycles. The van der Waals surface area contributed by atoms with Crippen molar-refractivity contribution in [3.8, 4) is 0 Å². The van der Waals surface area contributed by atoms with E-state index in [1.807, 2.05) is 19.1 Å². The number of rotatable bonds is 2. The molecule has 1 aromatic rings. The second-order valence-corrected chi connectivity index (χ2v) is 3.32. The van der Waals surface area contributed by atoms with Gasteiger partial charge in [-0.05, 0) is 24.6 Å². The van der Waals surface area contributed by atoms with Gasteiger partial charge in [-0.2, -0.15) is 0 Å². The van der Waals surface area contributed by atoms with Crippen LogP contribution in [0, 0.1) is 0 Å². The van der Waals surface area contributed by atoms with E-state index in [9.17, 15) is 4.79 Å². The molecule has 70 valence electrons. The third-order valence-corrected chi connectivity index (χ3v) is 2.26. The maximum atomic E-state index is 11.3. The predicted molar refractivity (Wildman–Crippen MR) is 53.9 cm³/mol. The van der Waals surface area contributed by atoms with E-state index in [0.717, 1.165) is 5.56 Å². The van der Waals surface area contributed by atoms with Crippen molar-refractivity contribution < 1.29 is 4.79 Å². The summed E-state index contributed by atoms with van der Waals surface area (Å²) in [5.41, 5.74) is 0.976. The molecule has 1 rings (SSSR count). The Balaban J connectivity index is 2.83. The topological polar surface area (TPSA) is 29.1 Å². The maximum absolute atomic E-state index is 11.3. The Morgan fingerprint density at radius 2 is 1.92 bits per heavy atom. The second-order valence-electron chi connectivity index (χ2n) is 2.89. The van der Waals surface area contributed by atoms with Crippen molar-refractivity contribution in [2.24, 2.45) is 0 Å². The Labute approximate surface area is 82.9 Å². The van der Waals surface area contributed by atoms with Crippen LogP contribution < -0.4 is 5.32 Å². The molecule has 0 fully saturated rings. The largest absolute Gasteiger partial charge is 0.359 e. The van der Waals surface area contributed by atoms with Crippen LogP contribution in [0.1, 0.15) is 18.4 Å². The fourth-order valence-electron chi connectivity index (χ4n) is 1.12. The van der Waals surface area contributed by atoms with Gasteiger partial charge in [0.25, 0.3) is 0 Å². The smallest absolute Gasteiger partial charge is 0.227 e. The number of carbonyl (C=O) groups excluding carboxylic acids is 1. The van der Waals surface area contributed by atoms with E-state index in [1.165, 1.54) is 0 Å².